The van der Waals surface area contributed by atoms with Gasteiger partial charge in [-0.15, -0.1) is 0 Å². The lowest BCUT2D eigenvalue weighted by atomic mass is 9.43. The van der Waals surface area contributed by atoms with Gasteiger partial charge in [-0.05, 0) is 111 Å². The SMILES string of the molecule is CCC(C)C(=O)OC1CC[C@@]2(C)C(CCC3C2CC(O)[C@]2(C)C(C(C)CCC(=O)SC(C)(C)C)CCC32)C1. The second-order valence-corrected chi connectivity index (χ2v) is 17.1. The first kappa shape index (κ1) is 30.4. The lowest BCUT2D eigenvalue weighted by Gasteiger charge is -2.62. The van der Waals surface area contributed by atoms with Crippen molar-refractivity contribution in [3.63, 3.8) is 0 Å². The Morgan fingerprint density at radius 2 is 1.74 bits per heavy atom. The molecule has 4 nitrogen and oxygen atoms in total. The Kier molecular flexibility index (Phi) is 9.11. The number of aliphatic hydroxyl groups is 1. The highest BCUT2D eigenvalue weighted by Gasteiger charge is 2.63. The number of hydrogen-bond acceptors (Lipinski definition) is 5. The summed E-state index contributed by atoms with van der Waals surface area (Å²) in [7, 11) is 0. The van der Waals surface area contributed by atoms with Gasteiger partial charge in [0.15, 0.2) is 5.12 Å². The van der Waals surface area contributed by atoms with Crippen LogP contribution in [0.25, 0.3) is 0 Å². The first-order chi connectivity index (χ1) is 17.7. The van der Waals surface area contributed by atoms with E-state index in [2.05, 4.69) is 41.5 Å². The molecule has 0 amide bonds. The molecular formula is C33H56O4S. The minimum Gasteiger partial charge on any atom is -0.462 e. The van der Waals surface area contributed by atoms with Crippen LogP contribution in [0.15, 0.2) is 0 Å². The smallest absolute Gasteiger partial charge is 0.308 e. The number of hydrogen-bond donors (Lipinski definition) is 1. The van der Waals surface area contributed by atoms with Crippen LogP contribution < -0.4 is 0 Å². The molecule has 0 aromatic rings. The number of fused-ring (bicyclic) bond motifs is 5. The molecule has 9 unspecified atom stereocenters. The summed E-state index contributed by atoms with van der Waals surface area (Å²) in [5.74, 6) is 3.36. The zero-order valence-corrected chi connectivity index (χ0v) is 26.4. The first-order valence-electron chi connectivity index (χ1n) is 15.8. The lowest BCUT2D eigenvalue weighted by molar-refractivity contribution is -0.183. The van der Waals surface area contributed by atoms with E-state index in [1.165, 1.54) is 37.4 Å². The fraction of sp³-hybridized carbons (Fsp3) is 0.939. The summed E-state index contributed by atoms with van der Waals surface area (Å²) >= 11 is 1.48. The van der Waals surface area contributed by atoms with E-state index in [4.69, 9.17) is 4.74 Å². The Morgan fingerprint density at radius 1 is 1.03 bits per heavy atom. The van der Waals surface area contributed by atoms with E-state index in [0.29, 0.717) is 47.0 Å². The van der Waals surface area contributed by atoms with Crippen LogP contribution in [0, 0.1) is 52.3 Å². The van der Waals surface area contributed by atoms with Crippen LogP contribution in [0.5, 0.6) is 0 Å². The summed E-state index contributed by atoms with van der Waals surface area (Å²) in [6.07, 6.45) is 11.1. The summed E-state index contributed by atoms with van der Waals surface area (Å²) < 4.78 is 5.95. The van der Waals surface area contributed by atoms with Gasteiger partial charge < -0.3 is 9.84 Å². The van der Waals surface area contributed by atoms with Crippen molar-refractivity contribution >= 4 is 22.8 Å². The number of esters is 1. The Hall–Kier alpha value is -0.550. The number of rotatable bonds is 7. The fourth-order valence-electron chi connectivity index (χ4n) is 9.64. The quantitative estimate of drug-likeness (QED) is 0.326. The molecule has 4 fully saturated rings. The predicted octanol–water partition coefficient (Wildman–Crippen LogP) is 8.05. The average molecular weight is 549 g/mol. The van der Waals surface area contributed by atoms with Crippen molar-refractivity contribution in [2.75, 3.05) is 0 Å². The molecule has 0 bridgehead atoms. The molecule has 0 aliphatic heterocycles. The van der Waals surface area contributed by atoms with E-state index in [-0.39, 0.29) is 39.7 Å². The van der Waals surface area contributed by atoms with Crippen LogP contribution in [0.2, 0.25) is 0 Å². The highest BCUT2D eigenvalue weighted by atomic mass is 32.2. The maximum atomic E-state index is 12.6. The van der Waals surface area contributed by atoms with E-state index in [1.807, 2.05) is 13.8 Å². The molecule has 5 heteroatoms. The molecule has 1 N–H and O–H groups in total. The van der Waals surface area contributed by atoms with Crippen molar-refractivity contribution in [1.82, 2.24) is 0 Å². The van der Waals surface area contributed by atoms with Crippen LogP contribution in [-0.2, 0) is 14.3 Å². The van der Waals surface area contributed by atoms with Crippen LogP contribution in [0.3, 0.4) is 0 Å². The van der Waals surface area contributed by atoms with Gasteiger partial charge in [0.05, 0.1) is 12.0 Å². The van der Waals surface area contributed by atoms with Gasteiger partial charge in [0.1, 0.15) is 6.10 Å². The molecule has 218 valence electrons. The normalized spacial score (nSPS) is 42.4. The van der Waals surface area contributed by atoms with E-state index in [9.17, 15) is 14.7 Å². The van der Waals surface area contributed by atoms with Crippen LogP contribution in [0.4, 0.5) is 0 Å². The van der Waals surface area contributed by atoms with Gasteiger partial charge in [-0.2, -0.15) is 0 Å². The van der Waals surface area contributed by atoms with Crippen LogP contribution in [-0.4, -0.2) is 33.1 Å². The largest absolute Gasteiger partial charge is 0.462 e. The highest BCUT2D eigenvalue weighted by molar-refractivity contribution is 8.14. The van der Waals surface area contributed by atoms with E-state index in [0.717, 1.165) is 38.5 Å². The maximum Gasteiger partial charge on any atom is 0.308 e. The molecule has 11 atom stereocenters. The molecule has 0 saturated heterocycles. The molecular weight excluding hydrogens is 492 g/mol. The van der Waals surface area contributed by atoms with Crippen LogP contribution in [0.1, 0.15) is 126 Å². The number of aliphatic hydroxyl groups excluding tert-OH is 1. The van der Waals surface area contributed by atoms with Gasteiger partial charge in [0.25, 0.3) is 0 Å². The molecule has 4 aliphatic carbocycles. The van der Waals surface area contributed by atoms with E-state index < -0.39 is 0 Å². The maximum absolute atomic E-state index is 12.6. The van der Waals surface area contributed by atoms with Crippen molar-refractivity contribution in [3.05, 3.63) is 0 Å². The molecule has 0 aromatic carbocycles. The fourth-order valence-corrected chi connectivity index (χ4v) is 10.5. The first-order valence-corrected chi connectivity index (χ1v) is 16.6. The minimum absolute atomic E-state index is 0.0155. The van der Waals surface area contributed by atoms with Gasteiger partial charge in [-0.1, -0.05) is 67.2 Å². The second kappa shape index (κ2) is 11.4. The third kappa shape index (κ3) is 5.76. The molecule has 4 rings (SSSR count). The Bertz CT molecular complexity index is 866. The van der Waals surface area contributed by atoms with Gasteiger partial charge in [-0.25, -0.2) is 0 Å². The van der Waals surface area contributed by atoms with Crippen molar-refractivity contribution in [2.45, 2.75) is 143 Å². The summed E-state index contributed by atoms with van der Waals surface area (Å²) in [6.45, 7) is 17.6. The predicted molar refractivity (Wildman–Crippen MR) is 157 cm³/mol. The van der Waals surface area contributed by atoms with Crippen molar-refractivity contribution in [3.8, 4) is 0 Å². The summed E-state index contributed by atoms with van der Waals surface area (Å²) in [5.41, 5.74) is 0.206. The second-order valence-electron chi connectivity index (χ2n) is 15.2. The average Bonchev–Trinajstić information content (AvgIpc) is 3.20. The van der Waals surface area contributed by atoms with Crippen molar-refractivity contribution in [1.29, 1.82) is 0 Å². The lowest BCUT2D eigenvalue weighted by Crippen LogP contribution is -2.59. The standard InChI is InChI=1S/C33H56O4S/c1-9-20(2)30(36)37-23-16-17-32(7)22(18-23)11-12-24-26-14-13-25(33(26,8)28(34)19-27(24)32)21(3)10-15-29(35)38-31(4,5)6/h20-28,34H,9-19H2,1-8H3/t20?,21?,22?,23?,24?,25?,26?,27?,28?,32-,33+/m0/s1. The number of ether oxygens (including phenoxy) is 1. The molecule has 38 heavy (non-hydrogen) atoms. The minimum atomic E-state index is -0.264. The monoisotopic (exact) mass is 548 g/mol. The third-order valence-corrected chi connectivity index (χ3v) is 13.0. The summed E-state index contributed by atoms with van der Waals surface area (Å²) in [5, 5.41) is 12.2. The Morgan fingerprint density at radius 3 is 2.39 bits per heavy atom. The topological polar surface area (TPSA) is 63.6 Å². The summed E-state index contributed by atoms with van der Waals surface area (Å²) in [6, 6.07) is 0. The Balaban J connectivity index is 1.42. The van der Waals surface area contributed by atoms with Crippen molar-refractivity contribution < 1.29 is 19.4 Å². The van der Waals surface area contributed by atoms with E-state index in [1.54, 1.807) is 0 Å². The van der Waals surface area contributed by atoms with Gasteiger partial charge in [-0.3, -0.25) is 9.59 Å². The van der Waals surface area contributed by atoms with Crippen molar-refractivity contribution in [2.24, 2.45) is 52.3 Å². The molecule has 0 heterocycles. The number of carbonyl (C=O) groups is 2. The third-order valence-electron chi connectivity index (χ3n) is 12.0. The number of thioether (sulfide) groups is 1. The van der Waals surface area contributed by atoms with Gasteiger partial charge in [0.2, 0.25) is 0 Å². The highest BCUT2D eigenvalue weighted by Crippen LogP contribution is 2.68. The van der Waals surface area contributed by atoms with E-state index >= 15 is 0 Å². The molecule has 4 saturated carbocycles. The number of carbonyl (C=O) groups excluding carboxylic acids is 2. The molecule has 0 spiro atoms. The zero-order valence-electron chi connectivity index (χ0n) is 25.6. The molecule has 0 aromatic heterocycles. The van der Waals surface area contributed by atoms with Crippen LogP contribution >= 0.6 is 11.8 Å². The molecule has 4 aliphatic rings. The van der Waals surface area contributed by atoms with Gasteiger partial charge >= 0.3 is 5.97 Å². The van der Waals surface area contributed by atoms with Gasteiger partial charge in [0, 0.05) is 11.2 Å². The molecule has 0 radical (unpaired) electrons. The zero-order chi connectivity index (χ0) is 28.0. The Labute approximate surface area is 237 Å². The summed E-state index contributed by atoms with van der Waals surface area (Å²) in [4.78, 5) is 25.0.